The van der Waals surface area contributed by atoms with Crippen LogP contribution in [0.25, 0.3) is 0 Å². The molecule has 1 aliphatic rings. The number of esters is 1. The van der Waals surface area contributed by atoms with Crippen molar-refractivity contribution in [2.45, 2.75) is 47.7 Å². The topological polar surface area (TPSA) is 96.3 Å². The van der Waals surface area contributed by atoms with Crippen molar-refractivity contribution in [1.82, 2.24) is 0 Å². The van der Waals surface area contributed by atoms with Crippen molar-refractivity contribution < 1.29 is 33.2 Å². The molecule has 0 bridgehead atoms. The average molecular weight is 547 g/mol. The third-order valence-corrected chi connectivity index (χ3v) is 5.78. The van der Waals surface area contributed by atoms with E-state index in [9.17, 15) is 4.79 Å². The highest BCUT2D eigenvalue weighted by Crippen LogP contribution is 2.34. The zero-order chi connectivity index (χ0) is 25.4. The third kappa shape index (κ3) is 7.54. The van der Waals surface area contributed by atoms with E-state index in [1.165, 1.54) is 14.2 Å². The molecule has 0 radical (unpaired) electrons. The molecule has 0 aliphatic carbocycles. The number of carbonyl (C=O) groups excluding carboxylic acids is 1. The van der Waals surface area contributed by atoms with Gasteiger partial charge in [-0.2, -0.15) is 0 Å². The molecular formula is C24H26Cl3NO7. The molecule has 0 amide bonds. The number of hydrogen-bond donors (Lipinski definition) is 1. The van der Waals surface area contributed by atoms with E-state index >= 15 is 0 Å². The van der Waals surface area contributed by atoms with Crippen LogP contribution in [-0.4, -0.2) is 60.6 Å². The largest absolute Gasteiger partial charge is 0.467 e. The highest BCUT2D eigenvalue weighted by atomic mass is 35.6. The highest BCUT2D eigenvalue weighted by Gasteiger charge is 2.53. The van der Waals surface area contributed by atoms with Crippen LogP contribution in [0.3, 0.4) is 0 Å². The maximum Gasteiger partial charge on any atom is 0.338 e. The second-order valence-electron chi connectivity index (χ2n) is 7.62. The standard InChI is InChI=1S/C24H26Cl3NO7/c1-30-17-18(32-13-15-9-5-3-6-10-15)20(33-14-16-11-7-4-8-12-16)22(34-19(17)21(29)31-2)35-23(28)24(25,26)27/h3-12,17-20,22,28H,13-14H2,1-2H3/t17-,18+,19+,20-,22-/m1/s1. The van der Waals surface area contributed by atoms with Crippen LogP contribution in [0.15, 0.2) is 60.7 Å². The van der Waals surface area contributed by atoms with E-state index in [1.54, 1.807) is 0 Å². The molecule has 3 rings (SSSR count). The molecule has 0 saturated carbocycles. The number of hydrogen-bond acceptors (Lipinski definition) is 8. The zero-order valence-electron chi connectivity index (χ0n) is 19.1. The van der Waals surface area contributed by atoms with Crippen LogP contribution in [0.5, 0.6) is 0 Å². The summed E-state index contributed by atoms with van der Waals surface area (Å²) in [6.07, 6.45) is -5.38. The van der Waals surface area contributed by atoms with Gasteiger partial charge < -0.3 is 28.4 Å². The van der Waals surface area contributed by atoms with Crippen LogP contribution < -0.4 is 0 Å². The van der Waals surface area contributed by atoms with Gasteiger partial charge in [0.1, 0.15) is 18.3 Å². The van der Waals surface area contributed by atoms with Gasteiger partial charge in [-0.3, -0.25) is 5.41 Å². The molecule has 2 aromatic rings. The van der Waals surface area contributed by atoms with Crippen LogP contribution in [0.4, 0.5) is 0 Å². The minimum Gasteiger partial charge on any atom is -0.467 e. The van der Waals surface area contributed by atoms with Gasteiger partial charge in [-0.25, -0.2) is 4.79 Å². The third-order valence-electron chi connectivity index (χ3n) is 5.26. The van der Waals surface area contributed by atoms with Crippen LogP contribution in [0.2, 0.25) is 0 Å². The number of rotatable bonds is 9. The fourth-order valence-electron chi connectivity index (χ4n) is 3.55. The van der Waals surface area contributed by atoms with Crippen LogP contribution >= 0.6 is 34.8 Å². The maximum atomic E-state index is 12.6. The van der Waals surface area contributed by atoms with E-state index in [0.29, 0.717) is 0 Å². The van der Waals surface area contributed by atoms with Gasteiger partial charge in [-0.05, 0) is 11.1 Å². The molecule has 190 valence electrons. The number of halogens is 3. The van der Waals surface area contributed by atoms with E-state index in [0.717, 1.165) is 11.1 Å². The van der Waals surface area contributed by atoms with Gasteiger partial charge >= 0.3 is 5.97 Å². The lowest BCUT2D eigenvalue weighted by Crippen LogP contribution is -2.63. The average Bonchev–Trinajstić information content (AvgIpc) is 2.86. The Hall–Kier alpha value is -1.91. The number of methoxy groups -OCH3 is 2. The van der Waals surface area contributed by atoms with Gasteiger partial charge in [0, 0.05) is 7.11 Å². The molecule has 11 heteroatoms. The van der Waals surface area contributed by atoms with E-state index < -0.39 is 46.4 Å². The van der Waals surface area contributed by atoms with Crippen molar-refractivity contribution in [3.63, 3.8) is 0 Å². The molecule has 0 spiro atoms. The van der Waals surface area contributed by atoms with Crippen molar-refractivity contribution in [1.29, 1.82) is 5.41 Å². The van der Waals surface area contributed by atoms with Crippen molar-refractivity contribution in [2.24, 2.45) is 0 Å². The quantitative estimate of drug-likeness (QED) is 0.215. The molecule has 35 heavy (non-hydrogen) atoms. The summed E-state index contributed by atoms with van der Waals surface area (Å²) in [5.74, 6) is -1.43. The van der Waals surface area contributed by atoms with Crippen LogP contribution in [-0.2, 0) is 46.4 Å². The van der Waals surface area contributed by atoms with Gasteiger partial charge in [-0.15, -0.1) is 0 Å². The minimum atomic E-state index is -2.16. The normalized spacial score (nSPS) is 24.5. The summed E-state index contributed by atoms with van der Waals surface area (Å²) < 4.78 is 32.1. The Morgan fingerprint density at radius 1 is 0.886 bits per heavy atom. The Morgan fingerprint density at radius 3 is 1.86 bits per heavy atom. The lowest BCUT2D eigenvalue weighted by atomic mass is 9.97. The lowest BCUT2D eigenvalue weighted by molar-refractivity contribution is -0.300. The summed E-state index contributed by atoms with van der Waals surface area (Å²) in [7, 11) is 2.64. The summed E-state index contributed by atoms with van der Waals surface area (Å²) in [5, 5.41) is 8.04. The monoisotopic (exact) mass is 545 g/mol. The summed E-state index contributed by atoms with van der Waals surface area (Å²) in [6.45, 7) is 0.333. The van der Waals surface area contributed by atoms with Gasteiger partial charge in [0.25, 0.3) is 3.79 Å². The first-order chi connectivity index (χ1) is 16.7. The molecule has 1 N–H and O–H groups in total. The predicted octanol–water partition coefficient (Wildman–Crippen LogP) is 4.43. The number of carbonyl (C=O) groups is 1. The van der Waals surface area contributed by atoms with Gasteiger partial charge in [0.05, 0.1) is 20.3 Å². The number of ether oxygens (including phenoxy) is 6. The smallest absolute Gasteiger partial charge is 0.338 e. The van der Waals surface area contributed by atoms with Crippen molar-refractivity contribution in [3.05, 3.63) is 71.8 Å². The highest BCUT2D eigenvalue weighted by molar-refractivity contribution is 6.76. The molecule has 1 fully saturated rings. The molecule has 1 saturated heterocycles. The Labute approximate surface area is 218 Å². The van der Waals surface area contributed by atoms with E-state index in [2.05, 4.69) is 0 Å². The summed E-state index contributed by atoms with van der Waals surface area (Å²) in [5.41, 5.74) is 1.75. The van der Waals surface area contributed by atoms with Crippen LogP contribution in [0.1, 0.15) is 11.1 Å². The zero-order valence-corrected chi connectivity index (χ0v) is 21.3. The van der Waals surface area contributed by atoms with E-state index in [4.69, 9.17) is 68.6 Å². The minimum absolute atomic E-state index is 0.153. The Morgan fingerprint density at radius 2 is 1.40 bits per heavy atom. The van der Waals surface area contributed by atoms with Gasteiger partial charge in [0.2, 0.25) is 12.2 Å². The predicted molar refractivity (Wildman–Crippen MR) is 131 cm³/mol. The molecule has 0 unspecified atom stereocenters. The first-order valence-electron chi connectivity index (χ1n) is 10.6. The molecular weight excluding hydrogens is 521 g/mol. The van der Waals surface area contributed by atoms with Gasteiger partial charge in [0.15, 0.2) is 6.10 Å². The number of benzene rings is 2. The fraction of sp³-hybridized carbons (Fsp3) is 0.417. The molecule has 2 aromatic carbocycles. The lowest BCUT2D eigenvalue weighted by Gasteiger charge is -2.44. The van der Waals surface area contributed by atoms with Crippen LogP contribution in [0, 0.1) is 5.41 Å². The number of nitrogens with one attached hydrogen (secondary N) is 1. The molecule has 5 atom stereocenters. The SMILES string of the molecule is COC(=O)[C@H]1O[C@H](OC(=N)C(Cl)(Cl)Cl)[C@H](OCc2ccccc2)[C@@H](OCc2ccccc2)[C@H]1OC. The van der Waals surface area contributed by atoms with Gasteiger partial charge in [-0.1, -0.05) is 95.5 Å². The Kier molecular flexibility index (Phi) is 10.2. The second kappa shape index (κ2) is 12.9. The fourth-order valence-corrected chi connectivity index (χ4v) is 3.68. The van der Waals surface area contributed by atoms with E-state index in [-0.39, 0.29) is 13.2 Å². The second-order valence-corrected chi connectivity index (χ2v) is 9.90. The van der Waals surface area contributed by atoms with Crippen molar-refractivity contribution >= 4 is 46.7 Å². The maximum absolute atomic E-state index is 12.6. The Balaban J connectivity index is 1.93. The first-order valence-corrected chi connectivity index (χ1v) is 11.8. The summed E-state index contributed by atoms with van der Waals surface area (Å²) in [4.78, 5) is 12.6. The first kappa shape index (κ1) is 27.7. The molecule has 8 nitrogen and oxygen atoms in total. The van der Waals surface area contributed by atoms with Crippen molar-refractivity contribution in [2.75, 3.05) is 14.2 Å². The Bertz CT molecular complexity index is 959. The van der Waals surface area contributed by atoms with Crippen molar-refractivity contribution in [3.8, 4) is 0 Å². The van der Waals surface area contributed by atoms with E-state index in [1.807, 2.05) is 60.7 Å². The molecule has 1 aliphatic heterocycles. The number of alkyl halides is 3. The summed E-state index contributed by atoms with van der Waals surface area (Å²) in [6, 6.07) is 18.8. The molecule has 0 aromatic heterocycles. The molecule has 1 heterocycles. The summed E-state index contributed by atoms with van der Waals surface area (Å²) >= 11 is 17.5.